The molecule has 2 fully saturated rings. The molecule has 26 heavy (non-hydrogen) atoms. The SMILES string of the molecule is COc1ccc(CCC(=O)N2CCC[C@@H](CCC(=O)NC3CC3)C2)cc1. The highest BCUT2D eigenvalue weighted by molar-refractivity contribution is 5.77. The van der Waals surface area contributed by atoms with E-state index < -0.39 is 0 Å². The molecule has 1 aromatic carbocycles. The van der Waals surface area contributed by atoms with Crippen molar-refractivity contribution in [3.63, 3.8) is 0 Å². The second-order valence-corrected chi connectivity index (χ2v) is 7.58. The van der Waals surface area contributed by atoms with Crippen LogP contribution in [0.4, 0.5) is 0 Å². The van der Waals surface area contributed by atoms with Crippen LogP contribution in [-0.4, -0.2) is 43.0 Å². The first-order valence-corrected chi connectivity index (χ1v) is 9.84. The van der Waals surface area contributed by atoms with Crippen LogP contribution in [0, 0.1) is 5.92 Å². The maximum absolute atomic E-state index is 12.6. The second-order valence-electron chi connectivity index (χ2n) is 7.58. The molecule has 0 spiro atoms. The molecule has 1 atom stereocenters. The molecular formula is C21H30N2O3. The van der Waals surface area contributed by atoms with Crippen LogP contribution in [0.15, 0.2) is 24.3 Å². The van der Waals surface area contributed by atoms with Crippen molar-refractivity contribution < 1.29 is 14.3 Å². The number of likely N-dealkylation sites (tertiary alicyclic amines) is 1. The number of rotatable bonds is 8. The monoisotopic (exact) mass is 358 g/mol. The summed E-state index contributed by atoms with van der Waals surface area (Å²) in [6.45, 7) is 1.66. The Hall–Kier alpha value is -2.04. The van der Waals surface area contributed by atoms with Gasteiger partial charge in [0.1, 0.15) is 5.75 Å². The largest absolute Gasteiger partial charge is 0.497 e. The number of aryl methyl sites for hydroxylation is 1. The molecule has 142 valence electrons. The van der Waals surface area contributed by atoms with Crippen LogP contribution in [0.2, 0.25) is 0 Å². The van der Waals surface area contributed by atoms with E-state index in [1.54, 1.807) is 7.11 Å². The highest BCUT2D eigenvalue weighted by Gasteiger charge is 2.26. The molecule has 0 bridgehead atoms. The molecular weight excluding hydrogens is 328 g/mol. The van der Waals surface area contributed by atoms with Crippen molar-refractivity contribution in [3.05, 3.63) is 29.8 Å². The van der Waals surface area contributed by atoms with Crippen molar-refractivity contribution in [2.75, 3.05) is 20.2 Å². The number of hydrogen-bond acceptors (Lipinski definition) is 3. The van der Waals surface area contributed by atoms with Gasteiger partial charge in [0.05, 0.1) is 7.11 Å². The Morgan fingerprint density at radius 1 is 1.15 bits per heavy atom. The molecule has 1 saturated carbocycles. The number of carbonyl (C=O) groups excluding carboxylic acids is 2. The Balaban J connectivity index is 1.39. The van der Waals surface area contributed by atoms with E-state index in [1.165, 1.54) is 0 Å². The summed E-state index contributed by atoms with van der Waals surface area (Å²) in [5, 5.41) is 3.05. The first-order chi connectivity index (χ1) is 12.6. The summed E-state index contributed by atoms with van der Waals surface area (Å²) in [7, 11) is 1.65. The molecule has 1 N–H and O–H groups in total. The molecule has 1 aliphatic carbocycles. The minimum atomic E-state index is 0.176. The fraction of sp³-hybridized carbons (Fsp3) is 0.619. The van der Waals surface area contributed by atoms with Gasteiger partial charge in [-0.05, 0) is 62.1 Å². The molecule has 1 saturated heterocycles. The van der Waals surface area contributed by atoms with Crippen molar-refractivity contribution in [1.82, 2.24) is 10.2 Å². The highest BCUT2D eigenvalue weighted by Crippen LogP contribution is 2.23. The van der Waals surface area contributed by atoms with Crippen molar-refractivity contribution in [3.8, 4) is 5.75 Å². The second kappa shape index (κ2) is 9.06. The summed E-state index contributed by atoms with van der Waals surface area (Å²) >= 11 is 0. The van der Waals surface area contributed by atoms with Crippen LogP contribution in [0.3, 0.4) is 0 Å². The number of carbonyl (C=O) groups is 2. The number of nitrogens with one attached hydrogen (secondary N) is 1. The standard InChI is InChI=1S/C21H30N2O3/c1-26-19-10-4-16(5-11-19)7-13-21(25)23-14-2-3-17(15-23)6-12-20(24)22-18-8-9-18/h4-5,10-11,17-18H,2-3,6-9,12-15H2,1H3,(H,22,24)/t17-/m0/s1. The molecule has 1 heterocycles. The fourth-order valence-corrected chi connectivity index (χ4v) is 3.59. The summed E-state index contributed by atoms with van der Waals surface area (Å²) < 4.78 is 5.16. The van der Waals surface area contributed by atoms with E-state index in [2.05, 4.69) is 5.32 Å². The lowest BCUT2D eigenvalue weighted by molar-refractivity contribution is -0.133. The topological polar surface area (TPSA) is 58.6 Å². The van der Waals surface area contributed by atoms with E-state index in [0.29, 0.717) is 24.8 Å². The van der Waals surface area contributed by atoms with Gasteiger partial charge in [0.15, 0.2) is 0 Å². The number of methoxy groups -OCH3 is 1. The van der Waals surface area contributed by atoms with E-state index in [1.807, 2.05) is 29.2 Å². The zero-order valence-electron chi connectivity index (χ0n) is 15.7. The van der Waals surface area contributed by atoms with Gasteiger partial charge < -0.3 is 15.0 Å². The van der Waals surface area contributed by atoms with Crippen molar-refractivity contribution in [2.24, 2.45) is 5.92 Å². The summed E-state index contributed by atoms with van der Waals surface area (Å²) in [5.74, 6) is 1.70. The van der Waals surface area contributed by atoms with Gasteiger partial charge in [0.2, 0.25) is 11.8 Å². The molecule has 0 radical (unpaired) electrons. The molecule has 1 aromatic rings. The first-order valence-electron chi connectivity index (χ1n) is 9.84. The van der Waals surface area contributed by atoms with Gasteiger partial charge in [-0.2, -0.15) is 0 Å². The Morgan fingerprint density at radius 3 is 2.62 bits per heavy atom. The number of hydrogen-bond donors (Lipinski definition) is 1. The van der Waals surface area contributed by atoms with Crippen molar-refractivity contribution >= 4 is 11.8 Å². The average molecular weight is 358 g/mol. The minimum Gasteiger partial charge on any atom is -0.497 e. The average Bonchev–Trinajstić information content (AvgIpc) is 3.49. The predicted molar refractivity (Wildman–Crippen MR) is 101 cm³/mol. The lowest BCUT2D eigenvalue weighted by Crippen LogP contribution is -2.40. The number of nitrogens with zero attached hydrogens (tertiary/aromatic N) is 1. The number of piperidine rings is 1. The molecule has 0 aromatic heterocycles. The fourth-order valence-electron chi connectivity index (χ4n) is 3.59. The Bertz CT molecular complexity index is 610. The van der Waals surface area contributed by atoms with Crippen molar-refractivity contribution in [1.29, 1.82) is 0 Å². The third kappa shape index (κ3) is 5.75. The van der Waals surface area contributed by atoms with E-state index in [9.17, 15) is 9.59 Å². The summed E-state index contributed by atoms with van der Waals surface area (Å²) in [5.41, 5.74) is 1.16. The molecule has 2 aliphatic rings. The Kier molecular flexibility index (Phi) is 6.53. The maximum Gasteiger partial charge on any atom is 0.222 e. The van der Waals surface area contributed by atoms with E-state index >= 15 is 0 Å². The third-order valence-electron chi connectivity index (χ3n) is 5.38. The maximum atomic E-state index is 12.6. The smallest absolute Gasteiger partial charge is 0.222 e. The van der Waals surface area contributed by atoms with Gasteiger partial charge in [0, 0.05) is 32.0 Å². The zero-order chi connectivity index (χ0) is 18.4. The Morgan fingerprint density at radius 2 is 1.92 bits per heavy atom. The molecule has 2 amide bonds. The molecule has 0 unspecified atom stereocenters. The lowest BCUT2D eigenvalue weighted by Gasteiger charge is -2.33. The van der Waals surface area contributed by atoms with Gasteiger partial charge >= 0.3 is 0 Å². The van der Waals surface area contributed by atoms with Crippen LogP contribution in [-0.2, 0) is 16.0 Å². The normalized spacial score (nSPS) is 19.9. The molecule has 3 rings (SSSR count). The number of amides is 2. The van der Waals surface area contributed by atoms with Crippen LogP contribution in [0.1, 0.15) is 50.5 Å². The van der Waals surface area contributed by atoms with Gasteiger partial charge in [-0.15, -0.1) is 0 Å². The summed E-state index contributed by atoms with van der Waals surface area (Å²) in [6.07, 6.45) is 7.21. The molecule has 5 nitrogen and oxygen atoms in total. The van der Waals surface area contributed by atoms with E-state index in [0.717, 1.165) is 62.9 Å². The quantitative estimate of drug-likeness (QED) is 0.777. The van der Waals surface area contributed by atoms with Crippen molar-refractivity contribution in [2.45, 2.75) is 57.4 Å². The van der Waals surface area contributed by atoms with E-state index in [4.69, 9.17) is 4.74 Å². The lowest BCUT2D eigenvalue weighted by atomic mass is 9.93. The van der Waals surface area contributed by atoms with E-state index in [-0.39, 0.29) is 11.8 Å². The summed E-state index contributed by atoms with van der Waals surface area (Å²) in [4.78, 5) is 26.4. The van der Waals surface area contributed by atoms with Gasteiger partial charge in [-0.25, -0.2) is 0 Å². The van der Waals surface area contributed by atoms with Gasteiger partial charge in [0.25, 0.3) is 0 Å². The number of ether oxygens (including phenoxy) is 1. The van der Waals surface area contributed by atoms with Crippen LogP contribution >= 0.6 is 0 Å². The highest BCUT2D eigenvalue weighted by atomic mass is 16.5. The van der Waals surface area contributed by atoms with Crippen LogP contribution in [0.5, 0.6) is 5.75 Å². The first kappa shape index (κ1) is 18.7. The predicted octanol–water partition coefficient (Wildman–Crippen LogP) is 2.93. The Labute approximate surface area is 156 Å². The zero-order valence-corrected chi connectivity index (χ0v) is 15.7. The summed E-state index contributed by atoms with van der Waals surface area (Å²) in [6, 6.07) is 8.34. The number of benzene rings is 1. The third-order valence-corrected chi connectivity index (χ3v) is 5.38. The molecule has 5 heteroatoms. The van der Waals surface area contributed by atoms with Gasteiger partial charge in [-0.3, -0.25) is 9.59 Å². The van der Waals surface area contributed by atoms with Gasteiger partial charge in [-0.1, -0.05) is 12.1 Å². The molecule has 1 aliphatic heterocycles. The van der Waals surface area contributed by atoms with Crippen LogP contribution < -0.4 is 10.1 Å². The minimum absolute atomic E-state index is 0.176. The van der Waals surface area contributed by atoms with Crippen LogP contribution in [0.25, 0.3) is 0 Å².